The van der Waals surface area contributed by atoms with Gasteiger partial charge in [-0.3, -0.25) is 0 Å². The second-order valence-electron chi connectivity index (χ2n) is 16.9. The quantitative estimate of drug-likeness (QED) is 0.122. The second-order valence-corrected chi connectivity index (χ2v) is 22.7. The predicted octanol–water partition coefficient (Wildman–Crippen LogP) is 10.9. The van der Waals surface area contributed by atoms with Gasteiger partial charge in [-0.15, -0.1) is 28.8 Å². The van der Waals surface area contributed by atoms with Gasteiger partial charge in [-0.05, 0) is 39.5 Å². The Hall–Kier alpha value is -2.26. The molecule has 7 aromatic rings. The van der Waals surface area contributed by atoms with Crippen LogP contribution in [0.4, 0.5) is 0 Å². The van der Waals surface area contributed by atoms with Crippen LogP contribution in [-0.4, -0.2) is 3.21 Å². The molecule has 0 radical (unpaired) electrons. The van der Waals surface area contributed by atoms with Crippen molar-refractivity contribution < 1.29 is 49.0 Å². The van der Waals surface area contributed by atoms with Gasteiger partial charge in [-0.2, -0.15) is 18.2 Å². The number of alkyl halides is 6. The van der Waals surface area contributed by atoms with Gasteiger partial charge in [-0.25, -0.2) is 12.1 Å². The molecule has 0 atom stereocenters. The fourth-order valence-electron chi connectivity index (χ4n) is 7.24. The van der Waals surface area contributed by atoms with Crippen molar-refractivity contribution >= 4 is 72.8 Å². The molecular weight excluding hydrogens is 1010 g/mol. The Kier molecular flexibility index (Phi) is 18.4. The van der Waals surface area contributed by atoms with E-state index >= 15 is 0 Å². The Morgan fingerprint density at radius 1 is 0.516 bits per heavy atom. The molecule has 1 aliphatic rings. The number of hydrogen-bond acceptors (Lipinski definition) is 0. The van der Waals surface area contributed by atoms with E-state index in [4.69, 9.17) is 69.6 Å². The molecule has 62 heavy (non-hydrogen) atoms. The van der Waals surface area contributed by atoms with Gasteiger partial charge in [0, 0.05) is 0 Å². The smallest absolute Gasteiger partial charge is 0.172 e. The van der Waals surface area contributed by atoms with Gasteiger partial charge in [0.1, 0.15) is 0 Å². The Morgan fingerprint density at radius 3 is 1.35 bits per heavy atom. The predicted molar refractivity (Wildman–Crippen MR) is 258 cm³/mol. The maximum atomic E-state index is 5.86. The van der Waals surface area contributed by atoms with E-state index in [0.29, 0.717) is 11.1 Å². The number of hydrogen-bond donors (Lipinski definition) is 0. The van der Waals surface area contributed by atoms with E-state index in [1.165, 1.54) is 83.1 Å². The molecule has 0 bridgehead atoms. The summed E-state index contributed by atoms with van der Waals surface area (Å²) in [5, 5.41) is 0. The van der Waals surface area contributed by atoms with Gasteiger partial charge in [0.15, 0.2) is 0 Å². The minimum absolute atomic E-state index is 0. The summed E-state index contributed by atoms with van der Waals surface area (Å²) in [7, 11) is 0. The summed E-state index contributed by atoms with van der Waals surface area (Å²) in [5.74, 6) is 0. The Balaban J connectivity index is 0.000000252. The zero-order valence-corrected chi connectivity index (χ0v) is 43.7. The van der Waals surface area contributed by atoms with Gasteiger partial charge < -0.3 is 24.8 Å². The van der Waals surface area contributed by atoms with Crippen molar-refractivity contribution in [2.75, 3.05) is 0 Å². The van der Waals surface area contributed by atoms with E-state index in [0.717, 1.165) is 17.5 Å². The zero-order valence-electron chi connectivity index (χ0n) is 35.2. The summed E-state index contributed by atoms with van der Waals surface area (Å²) in [6.07, 6.45) is 0.944. The minimum Gasteiger partial charge on any atom is -1.00 e. The van der Waals surface area contributed by atoms with Crippen LogP contribution in [0, 0.1) is 6.07 Å². The molecule has 0 unspecified atom stereocenters. The number of rotatable bonds is 4. The summed E-state index contributed by atoms with van der Waals surface area (Å²) in [6.45, 7) is 13.9. The molecule has 0 fully saturated rings. The molecule has 320 valence electrons. The monoisotopic (exact) mass is 1050 g/mol. The standard InChI is InChI=1S/C33H33.C15H8Cl6.C5H5.2ClH.Zr/c1-32(2,3)30-20-26-24(18-28(30)22-13-9-7-10-14-22)17-25-19-29(23-15-11-8-12-16-23)31(21-27(25)26)33(4,5)6;16-14(17,18)12-5-1-10(2-6-12)9-11-3-7-13(8-4-11)15(19,20)21;1-2-4-5-3-1;;;/h7-16,18,20-21H,17H2,1-6H3;1-8H;1-5H;2*1H;/q-1;;-1;;;+2/p-2. The molecule has 0 saturated carbocycles. The summed E-state index contributed by atoms with van der Waals surface area (Å²) in [5.41, 5.74) is 16.9. The Bertz CT molecular complexity index is 2340. The fraction of sp³-hybridized carbons (Fsp3) is 0.208. The largest absolute Gasteiger partial charge is 1.00 e. The van der Waals surface area contributed by atoms with Crippen LogP contribution in [0.1, 0.15) is 86.1 Å². The van der Waals surface area contributed by atoms with Crippen molar-refractivity contribution in [2.45, 2.75) is 66.4 Å². The van der Waals surface area contributed by atoms with Crippen LogP contribution < -0.4 is 24.8 Å². The molecular formula is C53H46Cl8Zr-2. The van der Waals surface area contributed by atoms with Crippen LogP contribution in [0.3, 0.4) is 0 Å². The molecule has 1 aliphatic carbocycles. The van der Waals surface area contributed by atoms with E-state index in [2.05, 4.69) is 126 Å². The van der Waals surface area contributed by atoms with E-state index in [-0.39, 0.29) is 35.6 Å². The molecule has 7 aromatic carbocycles. The summed E-state index contributed by atoms with van der Waals surface area (Å²) >= 11 is 36.4. The summed E-state index contributed by atoms with van der Waals surface area (Å²) in [6, 6.07) is 57.8. The molecule has 8 rings (SSSR count). The number of halogens is 8. The van der Waals surface area contributed by atoms with Crippen molar-refractivity contribution in [3.8, 4) is 33.4 Å². The van der Waals surface area contributed by atoms with Crippen molar-refractivity contribution in [3.63, 3.8) is 0 Å². The molecule has 0 nitrogen and oxygen atoms in total. The topological polar surface area (TPSA) is 0 Å². The minimum atomic E-state index is -1.41. The summed E-state index contributed by atoms with van der Waals surface area (Å²) < 4.78 is -1.66. The zero-order chi connectivity index (χ0) is 43.5. The van der Waals surface area contributed by atoms with E-state index in [9.17, 15) is 0 Å². The van der Waals surface area contributed by atoms with E-state index in [1.54, 1.807) is 0 Å². The fourth-order valence-corrected chi connectivity index (χ4v) is 8.82. The first-order valence-electron chi connectivity index (χ1n) is 19.7. The molecule has 0 amide bonds. The molecule has 0 N–H and O–H groups in total. The molecule has 0 spiro atoms. The average Bonchev–Trinajstić information content (AvgIpc) is 3.91. The molecule has 0 aliphatic heterocycles. The van der Waals surface area contributed by atoms with Crippen LogP contribution >= 0.6 is 69.6 Å². The van der Waals surface area contributed by atoms with Crippen molar-refractivity contribution in [1.29, 1.82) is 0 Å². The maximum Gasteiger partial charge on any atom is -0.172 e. The third-order valence-corrected chi connectivity index (χ3v) is 13.1. The maximum absolute atomic E-state index is 5.86. The molecule has 0 heterocycles. The van der Waals surface area contributed by atoms with Gasteiger partial charge in [-0.1, -0.05) is 131 Å². The van der Waals surface area contributed by atoms with Gasteiger partial charge in [0.05, 0.1) is 0 Å². The van der Waals surface area contributed by atoms with Crippen LogP contribution in [0.2, 0.25) is 0 Å². The molecule has 0 saturated heterocycles. The second kappa shape index (κ2) is 21.8. The van der Waals surface area contributed by atoms with E-state index in [1.807, 2.05) is 78.9 Å². The van der Waals surface area contributed by atoms with Gasteiger partial charge >= 0.3 is 175 Å². The van der Waals surface area contributed by atoms with Crippen LogP contribution in [0.5, 0.6) is 0 Å². The first-order valence-corrected chi connectivity index (χ1v) is 23.2. The van der Waals surface area contributed by atoms with Gasteiger partial charge in [0.25, 0.3) is 0 Å². The van der Waals surface area contributed by atoms with Gasteiger partial charge in [0.2, 0.25) is 0 Å². The number of fused-ring (bicyclic) bond motifs is 3. The first kappa shape index (κ1) is 52.4. The van der Waals surface area contributed by atoms with E-state index < -0.39 is 7.59 Å². The molecule has 9 heteroatoms. The van der Waals surface area contributed by atoms with Crippen molar-refractivity contribution in [1.82, 2.24) is 0 Å². The Morgan fingerprint density at radius 2 is 0.952 bits per heavy atom. The van der Waals surface area contributed by atoms with Crippen LogP contribution in [0.25, 0.3) is 33.4 Å². The third kappa shape index (κ3) is 13.2. The SMILES string of the molecule is CC(C)(C)c1cc2c([c-]c1-c1ccccc1)Cc1cc(-c3ccccc3)c(C(C)(C)C)cc1-2.ClC(Cl)(Cl)c1ccc([C](=[Zr+2])c2ccc(C(Cl)(Cl)Cl)cc2)cc1.[Cl-].[Cl-].c1cc[cH-]c1. The van der Waals surface area contributed by atoms with Crippen molar-refractivity contribution in [2.24, 2.45) is 0 Å². The van der Waals surface area contributed by atoms with Crippen LogP contribution in [0.15, 0.2) is 158 Å². The molecule has 0 aromatic heterocycles. The van der Waals surface area contributed by atoms with Crippen LogP contribution in [-0.2, 0) is 49.1 Å². The Labute approximate surface area is 425 Å². The summed E-state index contributed by atoms with van der Waals surface area (Å²) in [4.78, 5) is 0. The van der Waals surface area contributed by atoms with Crippen molar-refractivity contribution in [3.05, 3.63) is 208 Å². The average molecular weight is 1060 g/mol. The number of benzene rings is 6. The normalized spacial score (nSPS) is 12.0. The first-order chi connectivity index (χ1) is 28.2. The third-order valence-electron chi connectivity index (χ3n) is 10.4.